The van der Waals surface area contributed by atoms with Gasteiger partial charge in [0.1, 0.15) is 23.2 Å². The molecule has 0 amide bonds. The third-order valence-electron chi connectivity index (χ3n) is 3.39. The van der Waals surface area contributed by atoms with Crippen molar-refractivity contribution in [3.05, 3.63) is 24.3 Å². The smallest absolute Gasteiger partial charge is 0.120 e. The van der Waals surface area contributed by atoms with Crippen molar-refractivity contribution in [2.24, 2.45) is 0 Å². The standard InChI is InChI=1S/C17H26FNO2/c1-17(2,3)21-15-7-5-14(6-8-15)20-16-9-12-19(13-16)11-4-10-18/h5-8,16H,4,9-13H2,1-3H3/t16-/m0/s1. The molecule has 1 aromatic rings. The van der Waals surface area contributed by atoms with E-state index in [1.807, 2.05) is 45.0 Å². The van der Waals surface area contributed by atoms with Gasteiger partial charge in [-0.25, -0.2) is 0 Å². The summed E-state index contributed by atoms with van der Waals surface area (Å²) in [5.41, 5.74) is -0.190. The molecule has 1 aliphatic rings. The number of hydrogen-bond donors (Lipinski definition) is 0. The monoisotopic (exact) mass is 295 g/mol. The van der Waals surface area contributed by atoms with Crippen LogP contribution in [0.2, 0.25) is 0 Å². The molecule has 0 saturated carbocycles. The topological polar surface area (TPSA) is 21.7 Å². The molecule has 118 valence electrons. The summed E-state index contributed by atoms with van der Waals surface area (Å²) in [6.45, 7) is 8.56. The molecule has 0 N–H and O–H groups in total. The van der Waals surface area contributed by atoms with E-state index in [1.54, 1.807) is 0 Å². The van der Waals surface area contributed by atoms with E-state index in [2.05, 4.69) is 4.90 Å². The van der Waals surface area contributed by atoms with Gasteiger partial charge in [-0.05, 0) is 57.9 Å². The van der Waals surface area contributed by atoms with E-state index in [-0.39, 0.29) is 18.4 Å². The maximum Gasteiger partial charge on any atom is 0.120 e. The van der Waals surface area contributed by atoms with Crippen LogP contribution in [0.5, 0.6) is 11.5 Å². The number of benzene rings is 1. The molecule has 0 bridgehead atoms. The molecular formula is C17H26FNO2. The van der Waals surface area contributed by atoms with E-state index < -0.39 is 0 Å². The number of halogens is 1. The van der Waals surface area contributed by atoms with Crippen molar-refractivity contribution in [2.75, 3.05) is 26.3 Å². The number of rotatable bonds is 6. The van der Waals surface area contributed by atoms with Crippen molar-refractivity contribution in [2.45, 2.75) is 45.3 Å². The SMILES string of the molecule is CC(C)(C)Oc1ccc(O[C@H]2CCN(CCCF)C2)cc1. The largest absolute Gasteiger partial charge is 0.489 e. The molecule has 21 heavy (non-hydrogen) atoms. The predicted molar refractivity (Wildman–Crippen MR) is 82.9 cm³/mol. The number of nitrogens with zero attached hydrogens (tertiary/aromatic N) is 1. The quantitative estimate of drug-likeness (QED) is 0.799. The molecule has 0 aliphatic carbocycles. The number of alkyl halides is 1. The van der Waals surface area contributed by atoms with Crippen molar-refractivity contribution < 1.29 is 13.9 Å². The molecule has 1 atom stereocenters. The first-order valence-corrected chi connectivity index (χ1v) is 7.70. The molecule has 1 saturated heterocycles. The van der Waals surface area contributed by atoms with Crippen molar-refractivity contribution in [1.29, 1.82) is 0 Å². The van der Waals surface area contributed by atoms with Gasteiger partial charge in [0.15, 0.2) is 0 Å². The fraction of sp³-hybridized carbons (Fsp3) is 0.647. The summed E-state index contributed by atoms with van der Waals surface area (Å²) in [5, 5.41) is 0. The third-order valence-corrected chi connectivity index (χ3v) is 3.39. The molecule has 1 heterocycles. The lowest BCUT2D eigenvalue weighted by atomic mass is 10.2. The average molecular weight is 295 g/mol. The molecule has 1 aromatic carbocycles. The van der Waals surface area contributed by atoms with Gasteiger partial charge in [-0.3, -0.25) is 9.29 Å². The molecule has 2 rings (SSSR count). The van der Waals surface area contributed by atoms with E-state index in [0.29, 0.717) is 6.42 Å². The highest BCUT2D eigenvalue weighted by Crippen LogP contribution is 2.24. The van der Waals surface area contributed by atoms with Crippen molar-refractivity contribution >= 4 is 0 Å². The Morgan fingerprint density at radius 1 is 1.19 bits per heavy atom. The van der Waals surface area contributed by atoms with Gasteiger partial charge in [-0.15, -0.1) is 0 Å². The number of ether oxygens (including phenoxy) is 2. The van der Waals surface area contributed by atoms with E-state index in [4.69, 9.17) is 9.47 Å². The fourth-order valence-electron chi connectivity index (χ4n) is 2.51. The molecule has 0 radical (unpaired) electrons. The van der Waals surface area contributed by atoms with Crippen LogP contribution in [-0.2, 0) is 0 Å². The van der Waals surface area contributed by atoms with Crippen LogP contribution >= 0.6 is 0 Å². The predicted octanol–water partition coefficient (Wildman–Crippen LogP) is 3.68. The van der Waals surface area contributed by atoms with Crippen molar-refractivity contribution in [1.82, 2.24) is 4.90 Å². The van der Waals surface area contributed by atoms with Crippen LogP contribution in [-0.4, -0.2) is 42.9 Å². The average Bonchev–Trinajstić information content (AvgIpc) is 2.85. The zero-order valence-corrected chi connectivity index (χ0v) is 13.3. The Morgan fingerprint density at radius 3 is 2.48 bits per heavy atom. The Balaban J connectivity index is 1.81. The second-order valence-corrected chi connectivity index (χ2v) is 6.56. The minimum Gasteiger partial charge on any atom is -0.489 e. The second-order valence-electron chi connectivity index (χ2n) is 6.56. The zero-order valence-electron chi connectivity index (χ0n) is 13.3. The van der Waals surface area contributed by atoms with Crippen molar-refractivity contribution in [3.63, 3.8) is 0 Å². The maximum absolute atomic E-state index is 12.2. The van der Waals surface area contributed by atoms with E-state index in [0.717, 1.165) is 37.6 Å². The summed E-state index contributed by atoms with van der Waals surface area (Å²) >= 11 is 0. The van der Waals surface area contributed by atoms with Crippen LogP contribution in [0.15, 0.2) is 24.3 Å². The summed E-state index contributed by atoms with van der Waals surface area (Å²) in [4.78, 5) is 2.27. The second kappa shape index (κ2) is 7.12. The summed E-state index contributed by atoms with van der Waals surface area (Å²) in [6, 6.07) is 7.78. The van der Waals surface area contributed by atoms with E-state index in [1.165, 1.54) is 0 Å². The first-order chi connectivity index (χ1) is 9.96. The Labute approximate surface area is 127 Å². The van der Waals surface area contributed by atoms with Gasteiger partial charge in [-0.2, -0.15) is 0 Å². The minimum absolute atomic E-state index is 0.190. The lowest BCUT2D eigenvalue weighted by Gasteiger charge is -2.21. The molecular weight excluding hydrogens is 269 g/mol. The van der Waals surface area contributed by atoms with Gasteiger partial charge in [0.2, 0.25) is 0 Å². The molecule has 0 spiro atoms. The van der Waals surface area contributed by atoms with Crippen LogP contribution in [0.3, 0.4) is 0 Å². The molecule has 3 nitrogen and oxygen atoms in total. The highest BCUT2D eigenvalue weighted by molar-refractivity contribution is 5.31. The Morgan fingerprint density at radius 2 is 1.86 bits per heavy atom. The molecule has 0 aromatic heterocycles. The van der Waals surface area contributed by atoms with Gasteiger partial charge in [0.05, 0.1) is 6.67 Å². The Hall–Kier alpha value is -1.29. The molecule has 1 fully saturated rings. The molecule has 1 aliphatic heterocycles. The van der Waals surface area contributed by atoms with Crippen LogP contribution in [0.4, 0.5) is 4.39 Å². The fourth-order valence-corrected chi connectivity index (χ4v) is 2.51. The number of hydrogen-bond acceptors (Lipinski definition) is 3. The van der Waals surface area contributed by atoms with Crippen LogP contribution in [0.1, 0.15) is 33.6 Å². The van der Waals surface area contributed by atoms with Gasteiger partial charge in [0.25, 0.3) is 0 Å². The summed E-state index contributed by atoms with van der Waals surface area (Å²) < 4.78 is 23.9. The number of likely N-dealkylation sites (tertiary alicyclic amines) is 1. The van der Waals surface area contributed by atoms with Crippen molar-refractivity contribution in [3.8, 4) is 11.5 Å². The van der Waals surface area contributed by atoms with E-state index >= 15 is 0 Å². The Bertz CT molecular complexity index is 427. The highest BCUT2D eigenvalue weighted by atomic mass is 19.1. The first kappa shape index (κ1) is 16.1. The van der Waals surface area contributed by atoms with Gasteiger partial charge in [0, 0.05) is 19.6 Å². The molecule has 0 unspecified atom stereocenters. The summed E-state index contributed by atoms with van der Waals surface area (Å²) in [7, 11) is 0. The lowest BCUT2D eigenvalue weighted by Crippen LogP contribution is -2.26. The summed E-state index contributed by atoms with van der Waals surface area (Å²) in [6.07, 6.45) is 1.83. The van der Waals surface area contributed by atoms with Gasteiger partial charge in [-0.1, -0.05) is 0 Å². The van der Waals surface area contributed by atoms with E-state index in [9.17, 15) is 4.39 Å². The third kappa shape index (κ3) is 5.54. The maximum atomic E-state index is 12.2. The minimum atomic E-state index is -0.239. The molecule has 4 heteroatoms. The zero-order chi connectivity index (χ0) is 15.3. The Kier molecular flexibility index (Phi) is 5.45. The van der Waals surface area contributed by atoms with Gasteiger partial charge < -0.3 is 9.47 Å². The van der Waals surface area contributed by atoms with Gasteiger partial charge >= 0.3 is 0 Å². The summed E-state index contributed by atoms with van der Waals surface area (Å²) in [5.74, 6) is 1.72. The van der Waals surface area contributed by atoms with Crippen LogP contribution in [0.25, 0.3) is 0 Å². The normalized spacial score (nSPS) is 19.7. The van der Waals surface area contributed by atoms with Crippen LogP contribution in [0, 0.1) is 0 Å². The lowest BCUT2D eigenvalue weighted by molar-refractivity contribution is 0.130. The first-order valence-electron chi connectivity index (χ1n) is 7.70. The highest BCUT2D eigenvalue weighted by Gasteiger charge is 2.23. The van der Waals surface area contributed by atoms with Crippen LogP contribution < -0.4 is 9.47 Å².